The topological polar surface area (TPSA) is 26.3 Å². The number of rotatable bonds is 10. The van der Waals surface area contributed by atoms with Gasteiger partial charge in [0.05, 0.1) is 0 Å². The van der Waals surface area contributed by atoms with Gasteiger partial charge < -0.3 is 4.74 Å². The van der Waals surface area contributed by atoms with Crippen LogP contribution in [0.4, 0.5) is 8.78 Å². The smallest absolute Gasteiger partial charge is 0.306 e. The molecule has 0 saturated carbocycles. The number of alkyl halides is 2. The summed E-state index contributed by atoms with van der Waals surface area (Å²) in [6, 6.07) is 0. The van der Waals surface area contributed by atoms with Crippen LogP contribution in [0.15, 0.2) is 0 Å². The predicted molar refractivity (Wildman–Crippen MR) is 81.4 cm³/mol. The van der Waals surface area contributed by atoms with E-state index in [1.807, 2.05) is 27.7 Å². The summed E-state index contributed by atoms with van der Waals surface area (Å²) in [7, 11) is 0. The molecule has 0 radical (unpaired) electrons. The van der Waals surface area contributed by atoms with Gasteiger partial charge in [-0.3, -0.25) is 4.79 Å². The SMILES string of the molecule is CCC(F)(F)CCCSC(C)(C)COC(=O)CC(C)C. The Balaban J connectivity index is 3.87. The van der Waals surface area contributed by atoms with Crippen LogP contribution in [0, 0.1) is 5.92 Å². The van der Waals surface area contributed by atoms with E-state index in [-0.39, 0.29) is 29.5 Å². The van der Waals surface area contributed by atoms with Crippen LogP contribution < -0.4 is 0 Å². The maximum absolute atomic E-state index is 13.1. The number of hydrogen-bond acceptors (Lipinski definition) is 3. The molecule has 20 heavy (non-hydrogen) atoms. The van der Waals surface area contributed by atoms with Crippen LogP contribution in [0.3, 0.4) is 0 Å². The lowest BCUT2D eigenvalue weighted by atomic mass is 10.1. The number of halogens is 2. The van der Waals surface area contributed by atoms with Gasteiger partial charge in [0.25, 0.3) is 0 Å². The van der Waals surface area contributed by atoms with E-state index in [1.165, 1.54) is 6.92 Å². The zero-order chi connectivity index (χ0) is 15.8. The average molecular weight is 310 g/mol. The minimum Gasteiger partial charge on any atom is -0.464 e. The second-order valence-corrected chi connectivity index (χ2v) is 7.98. The zero-order valence-corrected chi connectivity index (χ0v) is 14.1. The molecule has 0 aliphatic heterocycles. The minimum absolute atomic E-state index is 0.0697. The first-order chi connectivity index (χ1) is 9.08. The van der Waals surface area contributed by atoms with Gasteiger partial charge in [-0.05, 0) is 31.9 Å². The molecular weight excluding hydrogens is 282 g/mol. The molecule has 5 heteroatoms. The van der Waals surface area contributed by atoms with E-state index < -0.39 is 5.92 Å². The number of ether oxygens (including phenoxy) is 1. The van der Waals surface area contributed by atoms with Gasteiger partial charge in [-0.1, -0.05) is 20.8 Å². The monoisotopic (exact) mass is 310 g/mol. The fraction of sp³-hybridized carbons (Fsp3) is 0.933. The molecule has 0 unspecified atom stereocenters. The Morgan fingerprint density at radius 2 is 1.90 bits per heavy atom. The van der Waals surface area contributed by atoms with Crippen molar-refractivity contribution < 1.29 is 18.3 Å². The normalized spacial score (nSPS) is 12.8. The summed E-state index contributed by atoms with van der Waals surface area (Å²) in [5.74, 6) is -1.79. The molecule has 2 nitrogen and oxygen atoms in total. The van der Waals surface area contributed by atoms with E-state index in [4.69, 9.17) is 4.74 Å². The first kappa shape index (κ1) is 19.7. The van der Waals surface area contributed by atoms with Crippen LogP contribution in [-0.4, -0.2) is 29.0 Å². The number of carbonyl (C=O) groups excluding carboxylic acids is 1. The Bertz CT molecular complexity index is 292. The fourth-order valence-corrected chi connectivity index (χ4v) is 2.53. The lowest BCUT2D eigenvalue weighted by Crippen LogP contribution is -2.26. The standard InChI is InChI=1S/C15H28F2O2S/c1-6-15(16,17)8-7-9-20-14(4,5)11-19-13(18)10-12(2)3/h12H,6-11H2,1-5H3. The van der Waals surface area contributed by atoms with Crippen LogP contribution in [0.25, 0.3) is 0 Å². The predicted octanol–water partition coefficient (Wildman–Crippen LogP) is 4.91. The van der Waals surface area contributed by atoms with Gasteiger partial charge >= 0.3 is 5.97 Å². The quantitative estimate of drug-likeness (QED) is 0.423. The Morgan fingerprint density at radius 1 is 1.30 bits per heavy atom. The molecule has 0 aromatic rings. The lowest BCUT2D eigenvalue weighted by molar-refractivity contribution is -0.145. The first-order valence-electron chi connectivity index (χ1n) is 7.25. The molecule has 120 valence electrons. The fourth-order valence-electron chi connectivity index (χ4n) is 1.54. The molecule has 0 aromatic carbocycles. The minimum atomic E-state index is -2.55. The highest BCUT2D eigenvalue weighted by Crippen LogP contribution is 2.29. The van der Waals surface area contributed by atoms with E-state index in [0.29, 0.717) is 25.2 Å². The van der Waals surface area contributed by atoms with E-state index in [0.717, 1.165) is 0 Å². The molecule has 0 heterocycles. The second-order valence-electron chi connectivity index (χ2n) is 6.18. The van der Waals surface area contributed by atoms with Crippen LogP contribution in [-0.2, 0) is 9.53 Å². The van der Waals surface area contributed by atoms with Crippen molar-refractivity contribution in [3.63, 3.8) is 0 Å². The van der Waals surface area contributed by atoms with Crippen molar-refractivity contribution in [3.8, 4) is 0 Å². The van der Waals surface area contributed by atoms with Gasteiger partial charge in [-0.2, -0.15) is 11.8 Å². The highest BCUT2D eigenvalue weighted by molar-refractivity contribution is 8.00. The van der Waals surface area contributed by atoms with Gasteiger partial charge in [0.15, 0.2) is 0 Å². The zero-order valence-electron chi connectivity index (χ0n) is 13.3. The van der Waals surface area contributed by atoms with Crippen LogP contribution in [0.1, 0.15) is 60.3 Å². The van der Waals surface area contributed by atoms with Gasteiger partial charge in [0.2, 0.25) is 5.92 Å². The maximum atomic E-state index is 13.1. The first-order valence-corrected chi connectivity index (χ1v) is 8.24. The second kappa shape index (κ2) is 8.85. The molecule has 0 fully saturated rings. The molecule has 0 atom stereocenters. The summed E-state index contributed by atoms with van der Waals surface area (Å²) >= 11 is 1.58. The van der Waals surface area contributed by atoms with Gasteiger partial charge in [-0.25, -0.2) is 8.78 Å². The van der Waals surface area contributed by atoms with Gasteiger partial charge in [0.1, 0.15) is 6.61 Å². The summed E-state index contributed by atoms with van der Waals surface area (Å²) < 4.78 is 31.1. The Labute approximate surface area is 126 Å². The molecule has 0 aromatic heterocycles. The van der Waals surface area contributed by atoms with Crippen LogP contribution >= 0.6 is 11.8 Å². The highest BCUT2D eigenvalue weighted by atomic mass is 32.2. The van der Waals surface area contributed by atoms with Crippen molar-refractivity contribution in [2.45, 2.75) is 71.0 Å². The van der Waals surface area contributed by atoms with Crippen LogP contribution in [0.5, 0.6) is 0 Å². The number of esters is 1. The summed E-state index contributed by atoms with van der Waals surface area (Å²) in [6.07, 6.45) is 0.728. The van der Waals surface area contributed by atoms with E-state index in [2.05, 4.69) is 0 Å². The summed E-state index contributed by atoms with van der Waals surface area (Å²) in [5, 5.41) is 0. The molecule has 0 N–H and O–H groups in total. The van der Waals surface area contributed by atoms with Crippen LogP contribution in [0.2, 0.25) is 0 Å². The molecule has 0 aliphatic carbocycles. The molecule has 0 rings (SSSR count). The van der Waals surface area contributed by atoms with E-state index >= 15 is 0 Å². The van der Waals surface area contributed by atoms with Crippen molar-refractivity contribution in [1.29, 1.82) is 0 Å². The van der Waals surface area contributed by atoms with Crippen molar-refractivity contribution in [2.24, 2.45) is 5.92 Å². The molecular formula is C15H28F2O2S. The Kier molecular flexibility index (Phi) is 8.71. The van der Waals surface area contributed by atoms with Crippen molar-refractivity contribution in [2.75, 3.05) is 12.4 Å². The number of thioether (sulfide) groups is 1. The van der Waals surface area contributed by atoms with Gasteiger partial charge in [0, 0.05) is 24.0 Å². The molecule has 0 aliphatic rings. The lowest BCUT2D eigenvalue weighted by Gasteiger charge is -2.24. The summed E-state index contributed by atoms with van der Waals surface area (Å²) in [6.45, 7) is 9.71. The third-order valence-electron chi connectivity index (χ3n) is 2.85. The molecule has 0 spiro atoms. The third kappa shape index (κ3) is 10.5. The third-order valence-corrected chi connectivity index (χ3v) is 4.24. The van der Waals surface area contributed by atoms with Crippen molar-refractivity contribution >= 4 is 17.7 Å². The summed E-state index contributed by atoms with van der Waals surface area (Å²) in [4.78, 5) is 11.5. The van der Waals surface area contributed by atoms with Crippen molar-refractivity contribution in [1.82, 2.24) is 0 Å². The summed E-state index contributed by atoms with van der Waals surface area (Å²) in [5.41, 5.74) is 0. The van der Waals surface area contributed by atoms with Crippen molar-refractivity contribution in [3.05, 3.63) is 0 Å². The molecule has 0 saturated heterocycles. The number of hydrogen-bond donors (Lipinski definition) is 0. The average Bonchev–Trinajstić information content (AvgIpc) is 2.32. The molecule has 0 amide bonds. The molecule has 0 bridgehead atoms. The van der Waals surface area contributed by atoms with Gasteiger partial charge in [-0.15, -0.1) is 0 Å². The Hall–Kier alpha value is -0.320. The maximum Gasteiger partial charge on any atom is 0.306 e. The Morgan fingerprint density at radius 3 is 2.40 bits per heavy atom. The largest absolute Gasteiger partial charge is 0.464 e. The number of carbonyl (C=O) groups is 1. The van der Waals surface area contributed by atoms with E-state index in [9.17, 15) is 13.6 Å². The highest BCUT2D eigenvalue weighted by Gasteiger charge is 2.26. The van der Waals surface area contributed by atoms with E-state index in [1.54, 1.807) is 11.8 Å².